The quantitative estimate of drug-likeness (QED) is 0.730. The molecule has 0 aromatic heterocycles. The van der Waals surface area contributed by atoms with Crippen LogP contribution in [-0.2, 0) is 6.42 Å². The molecule has 0 amide bonds. The Bertz CT molecular complexity index is 404. The monoisotopic (exact) mass is 301 g/mol. The maximum absolute atomic E-state index is 6.27. The van der Waals surface area contributed by atoms with Gasteiger partial charge in [-0.2, -0.15) is 0 Å². The lowest BCUT2D eigenvalue weighted by Gasteiger charge is -2.29. The van der Waals surface area contributed by atoms with Crippen molar-refractivity contribution in [2.24, 2.45) is 11.3 Å². The average molecular weight is 302 g/mol. The van der Waals surface area contributed by atoms with E-state index in [0.29, 0.717) is 10.9 Å². The van der Waals surface area contributed by atoms with Gasteiger partial charge >= 0.3 is 0 Å². The molecule has 0 spiro atoms. The summed E-state index contributed by atoms with van der Waals surface area (Å²) in [6, 6.07) is 5.79. The zero-order chi connectivity index (χ0) is 14.5. The Kier molecular flexibility index (Phi) is 6.65. The van der Waals surface area contributed by atoms with Crippen LogP contribution in [0.15, 0.2) is 18.2 Å². The van der Waals surface area contributed by atoms with E-state index in [9.17, 15) is 0 Å². The normalized spacial score (nSPS) is 14.7. The Morgan fingerprint density at radius 3 is 2.47 bits per heavy atom. The van der Waals surface area contributed by atoms with E-state index in [1.54, 1.807) is 0 Å². The standard InChI is InChI=1S/C16H25Cl2N/c1-5-16(4,11-19-10-12(2)3)9-13-6-7-14(17)8-15(13)18/h6-8,12,19H,5,9-11H2,1-4H3. The minimum atomic E-state index is 0.229. The molecule has 1 aromatic rings. The summed E-state index contributed by atoms with van der Waals surface area (Å²) in [6.45, 7) is 11.1. The van der Waals surface area contributed by atoms with Gasteiger partial charge in [-0.05, 0) is 48.4 Å². The molecule has 1 atom stereocenters. The minimum Gasteiger partial charge on any atom is -0.316 e. The van der Waals surface area contributed by atoms with Gasteiger partial charge in [0.25, 0.3) is 0 Å². The third kappa shape index (κ3) is 5.72. The fraction of sp³-hybridized carbons (Fsp3) is 0.625. The summed E-state index contributed by atoms with van der Waals surface area (Å²) in [5, 5.41) is 5.03. The van der Waals surface area contributed by atoms with E-state index in [-0.39, 0.29) is 5.41 Å². The fourth-order valence-corrected chi connectivity index (χ4v) is 2.58. The lowest BCUT2D eigenvalue weighted by molar-refractivity contribution is 0.285. The fourth-order valence-electron chi connectivity index (χ4n) is 2.10. The first-order valence-corrected chi connectivity index (χ1v) is 7.76. The number of halogens is 2. The second-order valence-electron chi connectivity index (χ2n) is 6.10. The van der Waals surface area contributed by atoms with Crippen molar-refractivity contribution in [3.63, 3.8) is 0 Å². The highest BCUT2D eigenvalue weighted by atomic mass is 35.5. The molecule has 1 aromatic carbocycles. The van der Waals surface area contributed by atoms with E-state index in [1.807, 2.05) is 18.2 Å². The van der Waals surface area contributed by atoms with E-state index < -0.39 is 0 Å². The van der Waals surface area contributed by atoms with Crippen molar-refractivity contribution in [2.45, 2.75) is 40.5 Å². The molecule has 0 saturated carbocycles. The lowest BCUT2D eigenvalue weighted by atomic mass is 9.81. The molecule has 3 heteroatoms. The van der Waals surface area contributed by atoms with Crippen molar-refractivity contribution in [3.8, 4) is 0 Å². The third-order valence-electron chi connectivity index (χ3n) is 3.59. The molecular weight excluding hydrogens is 277 g/mol. The molecule has 0 aliphatic rings. The van der Waals surface area contributed by atoms with Gasteiger partial charge in [-0.15, -0.1) is 0 Å². The van der Waals surface area contributed by atoms with Crippen LogP contribution < -0.4 is 5.32 Å². The molecular formula is C16H25Cl2N. The first-order valence-electron chi connectivity index (χ1n) is 7.01. The molecule has 0 bridgehead atoms. The molecule has 0 saturated heterocycles. The molecule has 1 unspecified atom stereocenters. The first kappa shape index (κ1) is 16.8. The maximum Gasteiger partial charge on any atom is 0.0453 e. The number of benzene rings is 1. The maximum atomic E-state index is 6.27. The van der Waals surface area contributed by atoms with Crippen molar-refractivity contribution >= 4 is 23.2 Å². The second kappa shape index (κ2) is 7.52. The van der Waals surface area contributed by atoms with Gasteiger partial charge in [-0.3, -0.25) is 0 Å². The zero-order valence-electron chi connectivity index (χ0n) is 12.4. The summed E-state index contributed by atoms with van der Waals surface area (Å²) in [5.74, 6) is 0.681. The molecule has 0 heterocycles. The molecule has 0 aliphatic carbocycles. The van der Waals surface area contributed by atoms with Crippen LogP contribution in [0.4, 0.5) is 0 Å². The van der Waals surface area contributed by atoms with E-state index >= 15 is 0 Å². The molecule has 0 aliphatic heterocycles. The highest BCUT2D eigenvalue weighted by Crippen LogP contribution is 2.30. The van der Waals surface area contributed by atoms with Gasteiger partial charge < -0.3 is 5.32 Å². The summed E-state index contributed by atoms with van der Waals surface area (Å²) < 4.78 is 0. The number of rotatable bonds is 7. The lowest BCUT2D eigenvalue weighted by Crippen LogP contribution is -2.35. The Morgan fingerprint density at radius 2 is 1.95 bits per heavy atom. The van der Waals surface area contributed by atoms with Gasteiger partial charge in [-0.1, -0.05) is 57.0 Å². The summed E-state index contributed by atoms with van der Waals surface area (Å²) in [5.41, 5.74) is 1.41. The van der Waals surface area contributed by atoms with Crippen LogP contribution in [0.1, 0.15) is 39.7 Å². The molecule has 19 heavy (non-hydrogen) atoms. The molecule has 1 rings (SSSR count). The molecule has 0 fully saturated rings. The highest BCUT2D eigenvalue weighted by Gasteiger charge is 2.23. The number of hydrogen-bond acceptors (Lipinski definition) is 1. The van der Waals surface area contributed by atoms with E-state index in [1.165, 1.54) is 5.56 Å². The van der Waals surface area contributed by atoms with Crippen molar-refractivity contribution < 1.29 is 0 Å². The van der Waals surface area contributed by atoms with Crippen LogP contribution >= 0.6 is 23.2 Å². The van der Waals surface area contributed by atoms with E-state index in [4.69, 9.17) is 23.2 Å². The summed E-state index contributed by atoms with van der Waals surface area (Å²) in [4.78, 5) is 0. The molecule has 108 valence electrons. The molecule has 0 radical (unpaired) electrons. The SMILES string of the molecule is CCC(C)(CNCC(C)C)Cc1ccc(Cl)cc1Cl. The second-order valence-corrected chi connectivity index (χ2v) is 6.95. The first-order chi connectivity index (χ1) is 8.86. The van der Waals surface area contributed by atoms with Crippen molar-refractivity contribution in [2.75, 3.05) is 13.1 Å². The predicted octanol–water partition coefficient (Wildman–Crippen LogP) is 5.20. The number of hydrogen-bond donors (Lipinski definition) is 1. The Morgan fingerprint density at radius 1 is 1.26 bits per heavy atom. The van der Waals surface area contributed by atoms with Crippen molar-refractivity contribution in [3.05, 3.63) is 33.8 Å². The van der Waals surface area contributed by atoms with Crippen LogP contribution in [0.2, 0.25) is 10.0 Å². The summed E-state index contributed by atoms with van der Waals surface area (Å²) in [7, 11) is 0. The van der Waals surface area contributed by atoms with Gasteiger partial charge in [-0.25, -0.2) is 0 Å². The van der Waals surface area contributed by atoms with Crippen molar-refractivity contribution in [1.82, 2.24) is 5.32 Å². The van der Waals surface area contributed by atoms with Gasteiger partial charge in [0.05, 0.1) is 0 Å². The molecule has 1 N–H and O–H groups in total. The summed E-state index contributed by atoms with van der Waals surface area (Å²) >= 11 is 12.2. The van der Waals surface area contributed by atoms with Crippen LogP contribution in [0.5, 0.6) is 0 Å². The van der Waals surface area contributed by atoms with E-state index in [2.05, 4.69) is 33.0 Å². The third-order valence-corrected chi connectivity index (χ3v) is 4.18. The minimum absolute atomic E-state index is 0.229. The Hall–Kier alpha value is -0.240. The van der Waals surface area contributed by atoms with Gasteiger partial charge in [0.15, 0.2) is 0 Å². The average Bonchev–Trinajstić information content (AvgIpc) is 2.32. The predicted molar refractivity (Wildman–Crippen MR) is 86.3 cm³/mol. The molecule has 1 nitrogen and oxygen atoms in total. The van der Waals surface area contributed by atoms with Crippen LogP contribution in [0.25, 0.3) is 0 Å². The van der Waals surface area contributed by atoms with Crippen LogP contribution in [-0.4, -0.2) is 13.1 Å². The smallest absolute Gasteiger partial charge is 0.0453 e. The number of nitrogens with one attached hydrogen (secondary N) is 1. The van der Waals surface area contributed by atoms with Crippen LogP contribution in [0.3, 0.4) is 0 Å². The topological polar surface area (TPSA) is 12.0 Å². The van der Waals surface area contributed by atoms with Gasteiger partial charge in [0.2, 0.25) is 0 Å². The Labute approximate surface area is 127 Å². The van der Waals surface area contributed by atoms with E-state index in [0.717, 1.165) is 31.0 Å². The largest absolute Gasteiger partial charge is 0.316 e. The highest BCUT2D eigenvalue weighted by molar-refractivity contribution is 6.35. The van der Waals surface area contributed by atoms with Crippen LogP contribution in [0, 0.1) is 11.3 Å². The Balaban J connectivity index is 2.68. The van der Waals surface area contributed by atoms with Gasteiger partial charge in [0.1, 0.15) is 0 Å². The van der Waals surface area contributed by atoms with Crippen molar-refractivity contribution in [1.29, 1.82) is 0 Å². The summed E-state index contributed by atoms with van der Waals surface area (Å²) in [6.07, 6.45) is 2.10. The van der Waals surface area contributed by atoms with Gasteiger partial charge in [0, 0.05) is 16.6 Å². The zero-order valence-corrected chi connectivity index (χ0v) is 13.9.